The number of sulfone groups is 1. The van der Waals surface area contributed by atoms with Crippen LogP contribution >= 0.6 is 22.9 Å². The Hall–Kier alpha value is -2.03. The molecule has 0 saturated heterocycles. The van der Waals surface area contributed by atoms with E-state index in [1.807, 2.05) is 0 Å². The van der Waals surface area contributed by atoms with Gasteiger partial charge in [-0.3, -0.25) is 9.59 Å². The number of carboxylic acid groups (broad SMARTS) is 1. The van der Waals surface area contributed by atoms with Crippen LogP contribution in [-0.4, -0.2) is 31.1 Å². The van der Waals surface area contributed by atoms with Crippen molar-refractivity contribution in [3.63, 3.8) is 0 Å². The summed E-state index contributed by atoms with van der Waals surface area (Å²) in [6, 6.07) is 6.64. The van der Waals surface area contributed by atoms with Gasteiger partial charge in [0.15, 0.2) is 5.78 Å². The average Bonchev–Trinajstić information content (AvgIpc) is 2.97. The van der Waals surface area contributed by atoms with Crippen molar-refractivity contribution in [2.24, 2.45) is 0 Å². The Kier molecular flexibility index (Phi) is 4.98. The maximum Gasteiger partial charge on any atom is 0.372 e. The van der Waals surface area contributed by atoms with Crippen molar-refractivity contribution in [3.8, 4) is 0 Å². The molecule has 0 aliphatic rings. The number of Topliss-reactive ketones (excluding diaryl/α,β-unsaturated/α-hetero) is 2. The Bertz CT molecular complexity index is 880. The summed E-state index contributed by atoms with van der Waals surface area (Å²) in [7, 11) is -3.97. The smallest absolute Gasteiger partial charge is 0.372 e. The van der Waals surface area contributed by atoms with Gasteiger partial charge >= 0.3 is 5.97 Å². The van der Waals surface area contributed by atoms with E-state index in [0.29, 0.717) is 5.02 Å². The highest BCUT2D eigenvalue weighted by Gasteiger charge is 2.28. The van der Waals surface area contributed by atoms with Crippen LogP contribution in [0.2, 0.25) is 5.02 Å². The molecule has 0 radical (unpaired) electrons. The first-order valence-corrected chi connectivity index (χ1v) is 8.85. The zero-order chi connectivity index (χ0) is 17.2. The number of aliphatic carboxylic acids is 1. The summed E-state index contributed by atoms with van der Waals surface area (Å²) >= 11 is 6.55. The maximum atomic E-state index is 12.6. The van der Waals surface area contributed by atoms with E-state index >= 15 is 0 Å². The van der Waals surface area contributed by atoms with Gasteiger partial charge in [-0.1, -0.05) is 11.6 Å². The van der Waals surface area contributed by atoms with E-state index in [1.165, 1.54) is 35.7 Å². The van der Waals surface area contributed by atoms with Crippen molar-refractivity contribution >= 4 is 50.3 Å². The lowest BCUT2D eigenvalue weighted by Crippen LogP contribution is -2.17. The molecule has 0 bridgehead atoms. The summed E-state index contributed by atoms with van der Waals surface area (Å²) in [5.41, 5.74) is 0. The fourth-order valence-corrected chi connectivity index (χ4v) is 4.52. The predicted molar refractivity (Wildman–Crippen MR) is 82.8 cm³/mol. The van der Waals surface area contributed by atoms with E-state index in [4.69, 9.17) is 16.7 Å². The van der Waals surface area contributed by atoms with Gasteiger partial charge in [-0.25, -0.2) is 13.2 Å². The van der Waals surface area contributed by atoms with Crippen LogP contribution in [0.1, 0.15) is 16.1 Å². The van der Waals surface area contributed by atoms with E-state index in [1.54, 1.807) is 0 Å². The minimum absolute atomic E-state index is 0.0566. The maximum absolute atomic E-state index is 12.6. The highest BCUT2D eigenvalue weighted by Crippen LogP contribution is 2.29. The molecule has 1 aromatic heterocycles. The molecule has 23 heavy (non-hydrogen) atoms. The van der Waals surface area contributed by atoms with Crippen LogP contribution < -0.4 is 0 Å². The largest absolute Gasteiger partial charge is 0.475 e. The standard InChI is InChI=1S/C14H9ClO6S2/c15-8-1-3-9(4-2-8)23(20,21)12-5-6-22-13(12)10(16)7-11(17)14(18)19/h1-6H,7H2,(H,18,19). The van der Waals surface area contributed by atoms with Crippen LogP contribution in [0.5, 0.6) is 0 Å². The topological polar surface area (TPSA) is 106 Å². The first-order chi connectivity index (χ1) is 10.7. The fraction of sp³-hybridized carbons (Fsp3) is 0.0714. The molecule has 1 N–H and O–H groups in total. The summed E-state index contributed by atoms with van der Waals surface area (Å²) in [6.07, 6.45) is -0.890. The number of halogens is 1. The molecule has 6 nitrogen and oxygen atoms in total. The number of hydrogen-bond acceptors (Lipinski definition) is 6. The lowest BCUT2D eigenvalue weighted by atomic mass is 10.2. The molecule has 0 aliphatic heterocycles. The van der Waals surface area contributed by atoms with Crippen LogP contribution in [0.4, 0.5) is 0 Å². The van der Waals surface area contributed by atoms with Crippen LogP contribution in [0.3, 0.4) is 0 Å². The molecule has 2 aromatic rings. The van der Waals surface area contributed by atoms with Crippen LogP contribution in [0.25, 0.3) is 0 Å². The molecule has 2 rings (SSSR count). The van der Waals surface area contributed by atoms with Gasteiger partial charge in [-0.2, -0.15) is 0 Å². The van der Waals surface area contributed by atoms with E-state index < -0.39 is 33.8 Å². The second-order valence-electron chi connectivity index (χ2n) is 4.40. The molecule has 0 amide bonds. The highest BCUT2D eigenvalue weighted by atomic mass is 35.5. The predicted octanol–water partition coefficient (Wildman–Crippen LogP) is 2.46. The van der Waals surface area contributed by atoms with Crippen LogP contribution in [0.15, 0.2) is 45.5 Å². The lowest BCUT2D eigenvalue weighted by molar-refractivity contribution is -0.148. The van der Waals surface area contributed by atoms with E-state index in [0.717, 1.165) is 11.3 Å². The normalized spacial score (nSPS) is 11.2. The fourth-order valence-electron chi connectivity index (χ4n) is 1.75. The number of carboxylic acids is 1. The first-order valence-electron chi connectivity index (χ1n) is 6.11. The second kappa shape index (κ2) is 6.61. The van der Waals surface area contributed by atoms with Crippen molar-refractivity contribution in [2.45, 2.75) is 16.2 Å². The first kappa shape index (κ1) is 17.3. The third-order valence-corrected chi connectivity index (χ3v) is 6.00. The Labute approximate surface area is 140 Å². The monoisotopic (exact) mass is 372 g/mol. The number of benzene rings is 1. The van der Waals surface area contributed by atoms with Crippen molar-refractivity contribution in [1.29, 1.82) is 0 Å². The molecule has 0 aliphatic carbocycles. The average molecular weight is 373 g/mol. The molecule has 0 saturated carbocycles. The Morgan fingerprint density at radius 1 is 1.09 bits per heavy atom. The van der Waals surface area contributed by atoms with Crippen molar-refractivity contribution in [3.05, 3.63) is 45.6 Å². The molecule has 120 valence electrons. The van der Waals surface area contributed by atoms with Gasteiger partial charge < -0.3 is 5.11 Å². The summed E-state index contributed by atoms with van der Waals surface area (Å²) in [4.78, 5) is 33.2. The number of thiophene rings is 1. The number of carbonyl (C=O) groups excluding carboxylic acids is 2. The summed E-state index contributed by atoms with van der Waals surface area (Å²) in [5.74, 6) is -3.88. The molecule has 1 heterocycles. The van der Waals surface area contributed by atoms with E-state index in [9.17, 15) is 22.8 Å². The van der Waals surface area contributed by atoms with E-state index in [2.05, 4.69) is 0 Å². The SMILES string of the molecule is O=C(O)C(=O)CC(=O)c1sccc1S(=O)(=O)c1ccc(Cl)cc1. The van der Waals surface area contributed by atoms with Gasteiger partial charge in [-0.15, -0.1) is 11.3 Å². The highest BCUT2D eigenvalue weighted by molar-refractivity contribution is 7.91. The minimum atomic E-state index is -3.97. The summed E-state index contributed by atoms with van der Waals surface area (Å²) in [6.45, 7) is 0. The van der Waals surface area contributed by atoms with Gasteiger partial charge in [0, 0.05) is 5.02 Å². The van der Waals surface area contributed by atoms with Crippen LogP contribution in [-0.2, 0) is 19.4 Å². The molecular weight excluding hydrogens is 364 g/mol. The Morgan fingerprint density at radius 2 is 1.70 bits per heavy atom. The molecule has 9 heteroatoms. The molecule has 0 spiro atoms. The Morgan fingerprint density at radius 3 is 2.26 bits per heavy atom. The third kappa shape index (κ3) is 3.66. The number of rotatable bonds is 6. The number of ketones is 2. The summed E-state index contributed by atoms with van der Waals surface area (Å²) in [5, 5.41) is 10.3. The number of hydrogen-bond donors (Lipinski definition) is 1. The molecule has 1 aromatic carbocycles. The Balaban J connectivity index is 2.40. The van der Waals surface area contributed by atoms with Crippen molar-refractivity contribution in [2.75, 3.05) is 0 Å². The summed E-state index contributed by atoms with van der Waals surface area (Å²) < 4.78 is 25.1. The molecule has 0 fully saturated rings. The number of carbonyl (C=O) groups is 3. The minimum Gasteiger partial charge on any atom is -0.475 e. The quantitative estimate of drug-likeness (QED) is 0.474. The van der Waals surface area contributed by atoms with Gasteiger partial charge in [-0.05, 0) is 35.7 Å². The van der Waals surface area contributed by atoms with Gasteiger partial charge in [0.05, 0.1) is 21.1 Å². The van der Waals surface area contributed by atoms with Crippen molar-refractivity contribution in [1.82, 2.24) is 0 Å². The second-order valence-corrected chi connectivity index (χ2v) is 7.67. The molecular formula is C14H9ClO6S2. The van der Waals surface area contributed by atoms with Crippen LogP contribution in [0, 0.1) is 0 Å². The van der Waals surface area contributed by atoms with Gasteiger partial charge in [0.1, 0.15) is 0 Å². The third-order valence-electron chi connectivity index (χ3n) is 2.86. The van der Waals surface area contributed by atoms with E-state index in [-0.39, 0.29) is 14.7 Å². The molecule has 0 atom stereocenters. The zero-order valence-corrected chi connectivity index (χ0v) is 13.7. The zero-order valence-electron chi connectivity index (χ0n) is 11.4. The van der Waals surface area contributed by atoms with Crippen molar-refractivity contribution < 1.29 is 27.9 Å². The lowest BCUT2D eigenvalue weighted by Gasteiger charge is -2.05. The van der Waals surface area contributed by atoms with Gasteiger partial charge in [0.25, 0.3) is 0 Å². The molecule has 0 unspecified atom stereocenters. The van der Waals surface area contributed by atoms with Gasteiger partial charge in [0.2, 0.25) is 15.6 Å².